The van der Waals surface area contributed by atoms with Crippen molar-refractivity contribution in [2.45, 2.75) is 0 Å². The quantitative estimate of drug-likeness (QED) is 0.372. The van der Waals surface area contributed by atoms with Crippen molar-refractivity contribution < 1.29 is 4.48 Å². The summed E-state index contributed by atoms with van der Waals surface area (Å²) in [4.78, 5) is 0. The van der Waals surface area contributed by atoms with E-state index in [-0.39, 0.29) is 0 Å². The predicted octanol–water partition coefficient (Wildman–Crippen LogP) is 0.107. The van der Waals surface area contributed by atoms with E-state index in [0.29, 0.717) is 0 Å². The van der Waals surface area contributed by atoms with Crippen LogP contribution < -0.4 is 0 Å². The third kappa shape index (κ3) is 2.00. The molecule has 0 bridgehead atoms. The van der Waals surface area contributed by atoms with Crippen LogP contribution in [0, 0.1) is 0 Å². The van der Waals surface area contributed by atoms with Crippen LogP contribution in [0.4, 0.5) is 0 Å². The molecule has 1 atom stereocenters. The van der Waals surface area contributed by atoms with Gasteiger partial charge in [0.1, 0.15) is 0 Å². The Balaban J connectivity index is 2.70. The summed E-state index contributed by atoms with van der Waals surface area (Å²) in [5, 5.41) is 0. The van der Waals surface area contributed by atoms with Crippen molar-refractivity contribution >= 4 is 16.9 Å². The van der Waals surface area contributed by atoms with E-state index >= 15 is 0 Å². The minimum absolute atomic E-state index is 0.993. The zero-order valence-corrected chi connectivity index (χ0v) is 8.39. The second kappa shape index (κ2) is 2.32. The van der Waals surface area contributed by atoms with Crippen molar-refractivity contribution in [2.75, 3.05) is 20.6 Å². The molecule has 0 N–H and O–H groups in total. The van der Waals surface area contributed by atoms with E-state index < -0.39 is 0 Å². The molecule has 1 aliphatic rings. The van der Waals surface area contributed by atoms with Gasteiger partial charge in [0, 0.05) is 0 Å². The first-order valence-electron chi connectivity index (χ1n) is 3.08. The van der Waals surface area contributed by atoms with Crippen molar-refractivity contribution in [1.29, 1.82) is 0 Å². The van der Waals surface area contributed by atoms with Crippen molar-refractivity contribution in [3.05, 3.63) is 22.7 Å². The first kappa shape index (κ1) is 7.11. The van der Waals surface area contributed by atoms with E-state index in [2.05, 4.69) is 32.4 Å². The van der Waals surface area contributed by atoms with Crippen LogP contribution in [0.2, 0.25) is 0 Å². The predicted molar refractivity (Wildman–Crippen MR) is 42.7 cm³/mol. The van der Waals surface area contributed by atoms with Gasteiger partial charge >= 0.3 is 64.7 Å². The van der Waals surface area contributed by atoms with E-state index in [1.54, 1.807) is 16.9 Å². The van der Waals surface area contributed by atoms with Crippen LogP contribution in [0.1, 0.15) is 0 Å². The van der Waals surface area contributed by atoms with Crippen LogP contribution in [0.3, 0.4) is 0 Å². The molecule has 0 amide bonds. The van der Waals surface area contributed by atoms with Crippen molar-refractivity contribution in [3.63, 3.8) is 0 Å². The fourth-order valence-electron chi connectivity index (χ4n) is 0.757. The Bertz CT molecular complexity index is 168. The minimum atomic E-state index is 0.993. The summed E-state index contributed by atoms with van der Waals surface area (Å²) in [6, 6.07) is 0. The molecule has 1 heterocycles. The Hall–Kier alpha value is -0.00156. The molecule has 50 valence electrons. The van der Waals surface area contributed by atoms with E-state index in [0.717, 1.165) is 11.0 Å². The number of allylic oxidation sites excluding steroid dienone is 2. The van der Waals surface area contributed by atoms with E-state index in [4.69, 9.17) is 0 Å². The first-order chi connectivity index (χ1) is 4.10. The number of likely N-dealkylation sites (N-methyl/N-ethyl adjacent to an activating group) is 1. The van der Waals surface area contributed by atoms with Gasteiger partial charge in [0.25, 0.3) is 0 Å². The SMILES string of the molecule is C[N+]1(C)C=CC([AsH2])=CC1. The fourth-order valence-corrected chi connectivity index (χ4v) is 1.16. The average Bonchev–Trinajstić information content (AvgIpc) is 1.78. The van der Waals surface area contributed by atoms with Crippen LogP contribution in [-0.2, 0) is 0 Å². The van der Waals surface area contributed by atoms with Crippen LogP contribution >= 0.6 is 0 Å². The Labute approximate surface area is 65.1 Å². The molecule has 9 heavy (non-hydrogen) atoms. The van der Waals surface area contributed by atoms with E-state index in [9.17, 15) is 0 Å². The van der Waals surface area contributed by atoms with Gasteiger partial charge in [0.05, 0.1) is 0 Å². The molecule has 1 unspecified atom stereocenters. The van der Waals surface area contributed by atoms with Gasteiger partial charge in [0.15, 0.2) is 0 Å². The van der Waals surface area contributed by atoms with E-state index in [1.807, 2.05) is 0 Å². The molecule has 0 aromatic heterocycles. The van der Waals surface area contributed by atoms with Crippen molar-refractivity contribution in [2.24, 2.45) is 0 Å². The third-order valence-corrected chi connectivity index (χ3v) is 2.37. The van der Waals surface area contributed by atoms with E-state index in [1.165, 1.54) is 4.36 Å². The monoisotopic (exact) mass is 186 g/mol. The summed E-state index contributed by atoms with van der Waals surface area (Å²) >= 11 is 1.71. The average molecular weight is 186 g/mol. The molecular formula is C7H13AsN+. The molecule has 0 spiro atoms. The molecule has 0 aliphatic carbocycles. The second-order valence-electron chi connectivity index (χ2n) is 2.98. The van der Waals surface area contributed by atoms with Gasteiger partial charge in [-0.2, -0.15) is 0 Å². The van der Waals surface area contributed by atoms with Gasteiger partial charge in [0.2, 0.25) is 0 Å². The van der Waals surface area contributed by atoms with Crippen LogP contribution in [0.25, 0.3) is 0 Å². The first-order valence-corrected chi connectivity index (χ1v) is 4.29. The van der Waals surface area contributed by atoms with Gasteiger partial charge < -0.3 is 0 Å². The van der Waals surface area contributed by atoms with Gasteiger partial charge in [-0.15, -0.1) is 0 Å². The Morgan fingerprint density at radius 1 is 1.56 bits per heavy atom. The molecule has 2 heteroatoms. The maximum atomic E-state index is 2.29. The normalized spacial score (nSPS) is 23.7. The van der Waals surface area contributed by atoms with Gasteiger partial charge in [-0.3, -0.25) is 0 Å². The fraction of sp³-hybridized carbons (Fsp3) is 0.429. The summed E-state index contributed by atoms with van der Waals surface area (Å²) in [6.07, 6.45) is 6.72. The second-order valence-corrected chi connectivity index (χ2v) is 4.38. The number of quaternary nitrogens is 1. The summed E-state index contributed by atoms with van der Waals surface area (Å²) in [7, 11) is 4.40. The Kier molecular flexibility index (Phi) is 1.83. The number of hydrogen-bond acceptors (Lipinski definition) is 0. The molecule has 1 aliphatic heterocycles. The molecule has 1 rings (SSSR count). The summed E-state index contributed by atoms with van der Waals surface area (Å²) in [6.45, 7) is 1.14. The van der Waals surface area contributed by atoms with Crippen LogP contribution in [-0.4, -0.2) is 42.0 Å². The molecule has 0 saturated heterocycles. The standard InChI is InChI=1S/C7H13AsN/c1-9(2)5-3-7(8)4-6-9/h3-5H,6,8H2,1-2H3/q+1. The molecular weight excluding hydrogens is 173 g/mol. The van der Waals surface area contributed by atoms with Crippen molar-refractivity contribution in [1.82, 2.24) is 0 Å². The van der Waals surface area contributed by atoms with Crippen LogP contribution in [0.5, 0.6) is 0 Å². The number of rotatable bonds is 0. The van der Waals surface area contributed by atoms with Gasteiger partial charge in [-0.1, -0.05) is 0 Å². The molecule has 0 saturated carbocycles. The Morgan fingerprint density at radius 3 is 2.56 bits per heavy atom. The topological polar surface area (TPSA) is 0 Å². The summed E-state index contributed by atoms with van der Waals surface area (Å²) in [5.41, 5.74) is 0. The third-order valence-electron chi connectivity index (χ3n) is 1.47. The molecule has 0 fully saturated rings. The summed E-state index contributed by atoms with van der Waals surface area (Å²) < 4.78 is 2.44. The maximum absolute atomic E-state index is 2.29. The van der Waals surface area contributed by atoms with Crippen LogP contribution in [0.15, 0.2) is 22.7 Å². The number of nitrogens with zero attached hydrogens (tertiary/aromatic N) is 1. The number of hydrogen-bond donors (Lipinski definition) is 0. The zero-order chi connectivity index (χ0) is 6.91. The molecule has 0 radical (unpaired) electrons. The zero-order valence-electron chi connectivity index (χ0n) is 5.96. The van der Waals surface area contributed by atoms with Crippen molar-refractivity contribution in [3.8, 4) is 0 Å². The molecule has 1 nitrogen and oxygen atoms in total. The molecule has 0 aromatic carbocycles. The Morgan fingerprint density at radius 2 is 2.22 bits per heavy atom. The van der Waals surface area contributed by atoms with Gasteiger partial charge in [-0.25, -0.2) is 0 Å². The molecule has 0 aromatic rings. The summed E-state index contributed by atoms with van der Waals surface area (Å²) in [5.74, 6) is 0. The van der Waals surface area contributed by atoms with Gasteiger partial charge in [-0.05, 0) is 0 Å².